The molecule has 0 fully saturated rings. The summed E-state index contributed by atoms with van der Waals surface area (Å²) in [5.41, 5.74) is 4.81. The summed E-state index contributed by atoms with van der Waals surface area (Å²) in [4.78, 5) is 0. The zero-order valence-electron chi connectivity index (χ0n) is 8.59. The minimum Gasteiger partial charge on any atom is -0.489 e. The molecule has 0 saturated carbocycles. The fourth-order valence-electron chi connectivity index (χ4n) is 1.10. The normalized spacial score (nSPS) is 13.2. The van der Waals surface area contributed by atoms with Gasteiger partial charge in [0.05, 0.1) is 0 Å². The van der Waals surface area contributed by atoms with Crippen molar-refractivity contribution in [1.82, 2.24) is 0 Å². The molecule has 0 aromatic heterocycles. The van der Waals surface area contributed by atoms with Crippen LogP contribution in [0.1, 0.15) is 0 Å². The van der Waals surface area contributed by atoms with Gasteiger partial charge in [0.15, 0.2) is 11.6 Å². The maximum atomic E-state index is 13.0. The Kier molecular flexibility index (Phi) is 3.93. The van der Waals surface area contributed by atoms with Crippen LogP contribution in [-0.2, 0) is 0 Å². The molecule has 0 saturated heterocycles. The van der Waals surface area contributed by atoms with Crippen LogP contribution in [0.5, 0.6) is 5.75 Å². The number of nitrogens with one attached hydrogen (secondary N) is 1. The summed E-state index contributed by atoms with van der Waals surface area (Å²) in [6.45, 7) is -0.917. The molecular formula is C10H10F4N2O. The monoisotopic (exact) mass is 250 g/mol. The minimum atomic E-state index is -4.68. The lowest BCUT2D eigenvalue weighted by molar-refractivity contribution is -0.162. The topological polar surface area (TPSA) is 59.1 Å². The number of amidine groups is 1. The first-order chi connectivity index (χ1) is 7.82. The van der Waals surface area contributed by atoms with Gasteiger partial charge in [-0.15, -0.1) is 0 Å². The van der Waals surface area contributed by atoms with Crippen molar-refractivity contribution in [1.29, 1.82) is 5.41 Å². The smallest absolute Gasteiger partial charge is 0.401 e. The Morgan fingerprint density at radius 2 is 1.94 bits per heavy atom. The zero-order chi connectivity index (χ0) is 13.1. The Balaban J connectivity index is 2.72. The van der Waals surface area contributed by atoms with Crippen LogP contribution in [0.15, 0.2) is 24.3 Å². The molecule has 0 spiro atoms. The number of benzene rings is 1. The minimum absolute atomic E-state index is 0.303. The molecule has 94 valence electrons. The Labute approximate surface area is 94.7 Å². The standard InChI is InChI=1S/C10H10F4N2O/c11-7-3-1-2-4-8(7)17-5-6(9(15)16)10(12,13)14/h1-4,6H,5H2,(H3,15,16). The van der Waals surface area contributed by atoms with Crippen molar-refractivity contribution in [2.24, 2.45) is 11.7 Å². The summed E-state index contributed by atoms with van der Waals surface area (Å²) in [5.74, 6) is -4.36. The maximum Gasteiger partial charge on any atom is 0.401 e. The molecule has 0 aliphatic heterocycles. The molecular weight excluding hydrogens is 240 g/mol. The first-order valence-corrected chi connectivity index (χ1v) is 4.60. The van der Waals surface area contributed by atoms with Crippen molar-refractivity contribution < 1.29 is 22.3 Å². The fraction of sp³-hybridized carbons (Fsp3) is 0.300. The van der Waals surface area contributed by atoms with Crippen molar-refractivity contribution in [2.75, 3.05) is 6.61 Å². The van der Waals surface area contributed by atoms with Crippen molar-refractivity contribution >= 4 is 5.84 Å². The van der Waals surface area contributed by atoms with Gasteiger partial charge in [-0.05, 0) is 12.1 Å². The van der Waals surface area contributed by atoms with Crippen molar-refractivity contribution in [2.45, 2.75) is 6.18 Å². The number of halogens is 4. The summed E-state index contributed by atoms with van der Waals surface area (Å²) in [7, 11) is 0. The second-order valence-electron chi connectivity index (χ2n) is 3.29. The largest absolute Gasteiger partial charge is 0.489 e. The molecule has 1 rings (SSSR count). The van der Waals surface area contributed by atoms with Crippen LogP contribution in [0.2, 0.25) is 0 Å². The number of nitrogens with two attached hydrogens (primary N) is 1. The van der Waals surface area contributed by atoms with E-state index in [1.54, 1.807) is 0 Å². The van der Waals surface area contributed by atoms with E-state index in [2.05, 4.69) is 4.74 Å². The molecule has 1 aromatic carbocycles. The van der Waals surface area contributed by atoms with E-state index in [0.29, 0.717) is 0 Å². The van der Waals surface area contributed by atoms with Gasteiger partial charge in [0.25, 0.3) is 0 Å². The molecule has 7 heteroatoms. The number of hydrogen-bond acceptors (Lipinski definition) is 2. The zero-order valence-corrected chi connectivity index (χ0v) is 8.59. The van der Waals surface area contributed by atoms with E-state index >= 15 is 0 Å². The van der Waals surface area contributed by atoms with E-state index in [1.165, 1.54) is 18.2 Å². The highest BCUT2D eigenvalue weighted by atomic mass is 19.4. The van der Waals surface area contributed by atoms with Crippen LogP contribution < -0.4 is 10.5 Å². The summed E-state index contributed by atoms with van der Waals surface area (Å²) in [6, 6.07) is 5.07. The quantitative estimate of drug-likeness (QED) is 0.489. The van der Waals surface area contributed by atoms with Gasteiger partial charge in [-0.2, -0.15) is 13.2 Å². The molecule has 1 atom stereocenters. The highest BCUT2D eigenvalue weighted by Gasteiger charge is 2.42. The highest BCUT2D eigenvalue weighted by molar-refractivity contribution is 5.80. The lowest BCUT2D eigenvalue weighted by Gasteiger charge is -2.19. The van der Waals surface area contributed by atoms with E-state index in [9.17, 15) is 17.6 Å². The third kappa shape index (κ3) is 3.61. The van der Waals surface area contributed by atoms with E-state index < -0.39 is 30.4 Å². The molecule has 17 heavy (non-hydrogen) atoms. The number of hydrogen-bond donors (Lipinski definition) is 2. The van der Waals surface area contributed by atoms with Gasteiger partial charge in [0.2, 0.25) is 0 Å². The third-order valence-corrected chi connectivity index (χ3v) is 2.01. The third-order valence-electron chi connectivity index (χ3n) is 2.01. The SMILES string of the molecule is N=C(N)C(COc1ccccc1F)C(F)(F)F. The lowest BCUT2D eigenvalue weighted by atomic mass is 10.1. The summed E-state index contributed by atoms with van der Waals surface area (Å²) in [6.07, 6.45) is -4.68. The second-order valence-corrected chi connectivity index (χ2v) is 3.29. The Bertz CT molecular complexity index is 406. The van der Waals surface area contributed by atoms with Crippen molar-refractivity contribution in [3.05, 3.63) is 30.1 Å². The van der Waals surface area contributed by atoms with Crippen LogP contribution in [0, 0.1) is 17.1 Å². The van der Waals surface area contributed by atoms with Crippen LogP contribution >= 0.6 is 0 Å². The maximum absolute atomic E-state index is 13.0. The average molecular weight is 250 g/mol. The van der Waals surface area contributed by atoms with Gasteiger partial charge in [-0.1, -0.05) is 12.1 Å². The summed E-state index contributed by atoms with van der Waals surface area (Å²) in [5, 5.41) is 6.81. The molecule has 0 aliphatic rings. The van der Waals surface area contributed by atoms with Crippen LogP contribution in [0.4, 0.5) is 17.6 Å². The van der Waals surface area contributed by atoms with Gasteiger partial charge in [0, 0.05) is 0 Å². The van der Waals surface area contributed by atoms with Crippen molar-refractivity contribution in [3.63, 3.8) is 0 Å². The molecule has 0 amide bonds. The van der Waals surface area contributed by atoms with Gasteiger partial charge in [-0.25, -0.2) is 4.39 Å². The molecule has 0 radical (unpaired) electrons. The van der Waals surface area contributed by atoms with E-state index in [4.69, 9.17) is 11.1 Å². The molecule has 1 aromatic rings. The summed E-state index contributed by atoms with van der Waals surface area (Å²) < 4.78 is 54.9. The first kappa shape index (κ1) is 13.3. The van der Waals surface area contributed by atoms with E-state index in [0.717, 1.165) is 6.07 Å². The average Bonchev–Trinajstić information content (AvgIpc) is 2.18. The van der Waals surface area contributed by atoms with Crippen molar-refractivity contribution in [3.8, 4) is 5.75 Å². The summed E-state index contributed by atoms with van der Waals surface area (Å²) >= 11 is 0. The number of para-hydroxylation sites is 1. The van der Waals surface area contributed by atoms with E-state index in [1.807, 2.05) is 0 Å². The number of alkyl halides is 3. The Hall–Kier alpha value is -1.79. The predicted molar refractivity (Wildman–Crippen MR) is 53.4 cm³/mol. The molecule has 1 unspecified atom stereocenters. The van der Waals surface area contributed by atoms with Gasteiger partial charge < -0.3 is 10.5 Å². The fourth-order valence-corrected chi connectivity index (χ4v) is 1.10. The number of rotatable bonds is 4. The molecule has 0 bridgehead atoms. The van der Waals surface area contributed by atoms with Crippen LogP contribution in [0.3, 0.4) is 0 Å². The lowest BCUT2D eigenvalue weighted by Crippen LogP contribution is -2.39. The predicted octanol–water partition coefficient (Wildman–Crippen LogP) is 2.32. The van der Waals surface area contributed by atoms with Gasteiger partial charge >= 0.3 is 6.18 Å². The Morgan fingerprint density at radius 1 is 1.35 bits per heavy atom. The van der Waals surface area contributed by atoms with Crippen LogP contribution in [0.25, 0.3) is 0 Å². The van der Waals surface area contributed by atoms with Gasteiger partial charge in [0.1, 0.15) is 18.4 Å². The van der Waals surface area contributed by atoms with E-state index in [-0.39, 0.29) is 5.75 Å². The van der Waals surface area contributed by atoms with Crippen LogP contribution in [-0.4, -0.2) is 18.6 Å². The second kappa shape index (κ2) is 5.03. The number of ether oxygens (including phenoxy) is 1. The first-order valence-electron chi connectivity index (χ1n) is 4.60. The van der Waals surface area contributed by atoms with Gasteiger partial charge in [-0.3, -0.25) is 5.41 Å². The molecule has 0 heterocycles. The Morgan fingerprint density at radius 3 is 2.41 bits per heavy atom. The molecule has 0 aliphatic carbocycles. The molecule has 3 N–H and O–H groups in total. The molecule has 3 nitrogen and oxygen atoms in total. The highest BCUT2D eigenvalue weighted by Crippen LogP contribution is 2.27.